The Kier molecular flexibility index (Phi) is 45.3. The van der Waals surface area contributed by atoms with Gasteiger partial charge in [0.25, 0.3) is 29.1 Å². The van der Waals surface area contributed by atoms with E-state index in [1.165, 1.54) is 46.3 Å². The maximum atomic E-state index is 14.1. The molecular formula is C53H85Cl7F6N5O22PS12Si2. The van der Waals surface area contributed by atoms with E-state index in [0.29, 0.717) is 48.6 Å². The number of esters is 3. The Balaban J connectivity index is -0.000000384. The Hall–Kier alpha value is -1.58. The zero-order chi connectivity index (χ0) is 84.2. The number of aliphatic hydroxyl groups is 3. The van der Waals surface area contributed by atoms with Crippen LogP contribution in [0.3, 0.4) is 0 Å². The van der Waals surface area contributed by atoms with Gasteiger partial charge in [0.1, 0.15) is 34.6 Å². The van der Waals surface area contributed by atoms with E-state index >= 15 is 0 Å². The fourth-order valence-corrected chi connectivity index (χ4v) is 27.0. The van der Waals surface area contributed by atoms with Crippen molar-refractivity contribution in [2.75, 3.05) is 26.7 Å². The van der Waals surface area contributed by atoms with Crippen LogP contribution in [0.15, 0.2) is 66.9 Å². The third kappa shape index (κ3) is 41.8. The third-order valence-electron chi connectivity index (χ3n) is 12.9. The van der Waals surface area contributed by atoms with Gasteiger partial charge in [-0.1, -0.05) is 62.1 Å². The molecule has 0 aromatic carbocycles. The van der Waals surface area contributed by atoms with Gasteiger partial charge in [-0.25, -0.2) is 94.0 Å². The van der Waals surface area contributed by atoms with E-state index in [1.807, 2.05) is 67.7 Å². The van der Waals surface area contributed by atoms with Crippen molar-refractivity contribution < 1.29 is 127 Å². The molecule has 15 N–H and O–H groups in total. The van der Waals surface area contributed by atoms with Crippen molar-refractivity contribution in [1.82, 2.24) is 6.15 Å². The summed E-state index contributed by atoms with van der Waals surface area (Å²) < 4.78 is 219. The van der Waals surface area contributed by atoms with E-state index < -0.39 is 160 Å². The number of nitrogens with two attached hydrogens (primary N) is 3. The van der Waals surface area contributed by atoms with Crippen molar-refractivity contribution in [3.05, 3.63) is 106 Å². The number of halogens is 13. The first kappa shape index (κ1) is 115. The molecule has 6 heterocycles. The topological polar surface area (TPSA) is 505 Å². The van der Waals surface area contributed by atoms with Crippen LogP contribution in [0.2, 0.25) is 36.3 Å². The second-order valence-electron chi connectivity index (χ2n) is 25.5. The van der Waals surface area contributed by atoms with Gasteiger partial charge in [-0.05, 0) is 89.0 Å². The normalized spacial score (nSPS) is 13.2. The molecule has 55 heteroatoms. The van der Waals surface area contributed by atoms with Crippen LogP contribution >= 0.6 is 149 Å². The number of carbonyl (C=O) groups excluding carboxylic acids is 3. The Morgan fingerprint density at radius 2 is 0.769 bits per heavy atom. The number of carbonyl (C=O) groups is 3. The molecule has 0 radical (unpaired) electrons. The summed E-state index contributed by atoms with van der Waals surface area (Å²) in [4.78, 5) is 33.4. The number of primary sulfonamides is 2. The van der Waals surface area contributed by atoms with Gasteiger partial charge in [0, 0.05) is 58.9 Å². The molecule has 1 unspecified atom stereocenters. The summed E-state index contributed by atoms with van der Waals surface area (Å²) in [7, 11) is -15.4. The number of hydrogen-bond acceptors (Lipinski definition) is 28. The van der Waals surface area contributed by atoms with Crippen LogP contribution in [0.1, 0.15) is 134 Å². The molecule has 0 aliphatic carbocycles. The largest absolute Gasteiger partial charge is 0.412 e. The first-order valence-corrected chi connectivity index (χ1v) is 56.5. The van der Waals surface area contributed by atoms with Crippen molar-refractivity contribution in [2.45, 2.75) is 165 Å². The zero-order valence-corrected chi connectivity index (χ0v) is 77.6. The van der Waals surface area contributed by atoms with Crippen molar-refractivity contribution in [3.8, 4) is 0 Å². The minimum absolute atomic E-state index is 0. The van der Waals surface area contributed by atoms with Crippen LogP contribution in [0, 0.1) is 34.9 Å². The smallest absolute Gasteiger partial charge is 0.353 e. The summed E-state index contributed by atoms with van der Waals surface area (Å²) in [5, 5.41) is 45.7. The fraction of sp³-hybridized carbons (Fsp3) is 0.491. The summed E-state index contributed by atoms with van der Waals surface area (Å²) in [6.45, 7) is 29.1. The molecule has 6 aromatic rings. The monoisotopic (exact) mass is 1970 g/mol. The van der Waals surface area contributed by atoms with Crippen molar-refractivity contribution >= 4 is 241 Å². The number of thiophene rings is 6. The number of rotatable bonds is 14. The van der Waals surface area contributed by atoms with Gasteiger partial charge in [0.15, 0.2) is 64.0 Å². The minimum Gasteiger partial charge on any atom is -0.412 e. The number of nitrogens with zero attached hydrogens (tertiary/aromatic N) is 1. The predicted octanol–water partition coefficient (Wildman–Crippen LogP) is 16.4. The fourth-order valence-electron chi connectivity index (χ4n) is 5.83. The average Bonchev–Trinajstić information content (AvgIpc) is 1.53. The zero-order valence-electron chi connectivity index (χ0n) is 59.6. The van der Waals surface area contributed by atoms with Gasteiger partial charge in [-0.3, -0.25) is 8.58 Å². The maximum absolute atomic E-state index is 14.1. The number of sulfonamides is 2. The molecule has 0 saturated carbocycles. The van der Waals surface area contributed by atoms with Gasteiger partial charge in [0.2, 0.25) is 0 Å². The van der Waals surface area contributed by atoms with Gasteiger partial charge in [0.05, 0.1) is 46.2 Å². The van der Waals surface area contributed by atoms with E-state index in [0.717, 1.165) is 78.6 Å². The van der Waals surface area contributed by atoms with Crippen LogP contribution in [-0.2, 0) is 89.2 Å². The predicted molar refractivity (Wildman–Crippen MR) is 430 cm³/mol. The summed E-state index contributed by atoms with van der Waals surface area (Å²) in [5.41, 5.74) is -3.71. The second kappa shape index (κ2) is 42.5. The van der Waals surface area contributed by atoms with E-state index in [9.17, 15) is 93.9 Å². The van der Waals surface area contributed by atoms with Crippen LogP contribution in [0.5, 0.6) is 0 Å². The number of ether oxygens (including phenoxy) is 3. The molecule has 0 saturated heterocycles. The van der Waals surface area contributed by atoms with Gasteiger partial charge in [-0.2, -0.15) is 8.42 Å². The molecule has 630 valence electrons. The van der Waals surface area contributed by atoms with Crippen LogP contribution in [0.25, 0.3) is 0 Å². The average molecular weight is 1980 g/mol. The van der Waals surface area contributed by atoms with Crippen LogP contribution < -0.4 is 21.6 Å². The summed E-state index contributed by atoms with van der Waals surface area (Å²) >= 11 is 29.2. The van der Waals surface area contributed by atoms with E-state index in [4.69, 9.17) is 95.3 Å². The molecule has 0 bridgehead atoms. The summed E-state index contributed by atoms with van der Waals surface area (Å²) in [5.74, 6) is -6.93. The van der Waals surface area contributed by atoms with Crippen molar-refractivity contribution in [3.63, 3.8) is 0 Å². The van der Waals surface area contributed by atoms with Crippen molar-refractivity contribution in [2.24, 2.45) is 19.4 Å². The first-order valence-electron chi connectivity index (χ1n) is 27.7. The van der Waals surface area contributed by atoms with Gasteiger partial charge < -0.3 is 41.2 Å². The van der Waals surface area contributed by atoms with E-state index in [1.54, 1.807) is 13.8 Å². The molecule has 0 spiro atoms. The van der Waals surface area contributed by atoms with E-state index in [2.05, 4.69) is 28.9 Å². The molecule has 0 amide bonds. The molecule has 0 aliphatic heterocycles. The summed E-state index contributed by atoms with van der Waals surface area (Å²) in [6.07, 6.45) is 0. The molecule has 0 fully saturated rings. The minimum atomic E-state index is -4.19. The second-order valence-corrected chi connectivity index (χ2v) is 72.0. The van der Waals surface area contributed by atoms with Gasteiger partial charge >= 0.3 is 86.8 Å². The van der Waals surface area contributed by atoms with E-state index in [-0.39, 0.29) is 57.6 Å². The standard InChI is InChI=1S/C14H25FO3S2Si.C13H25FN2O2S2Si.C7H10FNO3S2.C6H4ClFO4S2.C6H6FNO4S2.C6H5FO2S.CH4.Cl5P.ClHO3S.H3N.H2O/c1-13(2,3)21(6,7)9-20(17,18)12-10(15)8-11(19-12)14(4,5)16;1-12(2,3)21(6,7)16-20(15,18)11-9(14)8-10(19-11)13(4,5)17;1-7(2,10)5-3-4(8)6(13-5)14(9,11)12;1-12-5(9)4-2-3(8)6(13-4)14(7,10)11;1-12-5(9)4-2-3(7)6(13-4)14(8,10)11;1-9-6(8)5-2-4(7)3-10-5;;1-6(2,3,4)5;1-5(2,3)4;;/h8,16H,9H2,1-7H3;8,17H,1-7H3,(H2,15,16,18);3,10H,1-2H3,(H2,9,11,12);2H,1H3;2H,1H3,(H2,8,10,11);2-3H,1H3;1H4;;(H,2,3,4);1H3;1H2. The Morgan fingerprint density at radius 3 is 1.01 bits per heavy atom. The van der Waals surface area contributed by atoms with Crippen LogP contribution in [-0.4, -0.2) is 133 Å². The quantitative estimate of drug-likeness (QED) is 0.00955. The molecular weight excluding hydrogens is 1890 g/mol. The van der Waals surface area contributed by atoms with Crippen molar-refractivity contribution in [1.29, 1.82) is 0 Å². The molecule has 0 aliphatic rings. The van der Waals surface area contributed by atoms with Crippen LogP contribution in [0.4, 0.5) is 26.3 Å². The Labute approximate surface area is 683 Å². The number of hydrogen-bond donors (Lipinski definition) is 8. The first-order chi connectivity index (χ1) is 46.0. The molecule has 6 rings (SSSR count). The third-order valence-corrected chi connectivity index (χ3v) is 43.3. The van der Waals surface area contributed by atoms with Gasteiger partial charge in [-0.15, -0.1) is 68.0 Å². The summed E-state index contributed by atoms with van der Waals surface area (Å²) in [6, 6.07) is 5.99. The Bertz CT molecular complexity index is 4650. The SMILES string of the molecule is C.CC(C)(O)c1cc(F)c(S(=O)(=O)C[Si](C)(C)C(C)(C)C)s1.CC(C)(O)c1cc(F)c(S(N)(=O)=N[Si](C)(C)C(C)(C)C)s1.CC(C)(O)c1cc(F)c(S(N)(=O)=O)s1.COC(=O)c1cc(F)c(S(=O)(=O)Cl)s1.COC(=O)c1cc(F)c(S(N)(=O)=O)s1.COC(=O)c1cc(F)cs1.ClP(Cl)(Cl)(Cl)Cl.N.O.O=S(=O)(O)Cl. The molecule has 108 heavy (non-hydrogen) atoms. The Morgan fingerprint density at radius 1 is 0.500 bits per heavy atom. The maximum Gasteiger partial charge on any atom is 0.353 e. The molecule has 1 atom stereocenters. The molecule has 27 nitrogen and oxygen atoms in total. The number of sulfone groups is 1. The molecule has 6 aromatic heterocycles. The number of methoxy groups -OCH3 is 3.